The number of carbonyl (C=O) groups is 1. The summed E-state index contributed by atoms with van der Waals surface area (Å²) in [6, 6.07) is 6.55. The van der Waals surface area contributed by atoms with Crippen molar-refractivity contribution in [1.82, 2.24) is 15.2 Å². The average Bonchev–Trinajstić information content (AvgIpc) is 2.87. The van der Waals surface area contributed by atoms with Crippen LogP contribution < -0.4 is 10.2 Å². The molecule has 0 aliphatic carbocycles. The van der Waals surface area contributed by atoms with Crippen LogP contribution in [0.25, 0.3) is 0 Å². The largest absolute Gasteiger partial charge is 0.451 e. The summed E-state index contributed by atoms with van der Waals surface area (Å²) in [5.74, 6) is -2.28. The van der Waals surface area contributed by atoms with Gasteiger partial charge in [-0.15, -0.1) is 5.10 Å². The summed E-state index contributed by atoms with van der Waals surface area (Å²) < 4.78 is 37.0. The number of hydrogen-bond acceptors (Lipinski definition) is 4. The second kappa shape index (κ2) is 5.43. The number of H-pyrrole nitrogens is 1. The lowest BCUT2D eigenvalue weighted by Gasteiger charge is -2.12. The summed E-state index contributed by atoms with van der Waals surface area (Å²) in [4.78, 5) is 16.9. The number of rotatable bonds is 3. The van der Waals surface area contributed by atoms with Crippen molar-refractivity contribution in [2.45, 2.75) is 6.18 Å². The molecule has 2 aromatic rings. The molecule has 21 heavy (non-hydrogen) atoms. The zero-order valence-electron chi connectivity index (χ0n) is 11.2. The monoisotopic (exact) mass is 299 g/mol. The third kappa shape index (κ3) is 3.50. The van der Waals surface area contributed by atoms with Crippen LogP contribution in [0.15, 0.2) is 24.3 Å². The maximum atomic E-state index is 12.3. The van der Waals surface area contributed by atoms with Gasteiger partial charge >= 0.3 is 6.18 Å². The van der Waals surface area contributed by atoms with E-state index in [-0.39, 0.29) is 0 Å². The third-order valence-electron chi connectivity index (χ3n) is 2.63. The van der Waals surface area contributed by atoms with Gasteiger partial charge in [0.2, 0.25) is 11.8 Å². The fourth-order valence-electron chi connectivity index (χ4n) is 1.53. The number of hydrogen-bond donors (Lipinski definition) is 2. The molecule has 0 bridgehead atoms. The van der Waals surface area contributed by atoms with Crippen LogP contribution in [0.4, 0.5) is 24.8 Å². The lowest BCUT2D eigenvalue weighted by molar-refractivity contribution is -0.144. The van der Waals surface area contributed by atoms with Crippen LogP contribution in [0.1, 0.15) is 16.2 Å². The Kier molecular flexibility index (Phi) is 3.83. The van der Waals surface area contributed by atoms with E-state index in [1.807, 2.05) is 19.0 Å². The smallest absolute Gasteiger partial charge is 0.378 e. The van der Waals surface area contributed by atoms with Gasteiger partial charge in [0, 0.05) is 25.3 Å². The Morgan fingerprint density at radius 3 is 2.33 bits per heavy atom. The molecule has 2 N–H and O–H groups in total. The predicted octanol–water partition coefficient (Wildman–Crippen LogP) is 2.14. The van der Waals surface area contributed by atoms with E-state index in [9.17, 15) is 18.0 Å². The van der Waals surface area contributed by atoms with E-state index in [0.29, 0.717) is 5.56 Å². The van der Waals surface area contributed by atoms with Crippen LogP contribution in [0.5, 0.6) is 0 Å². The van der Waals surface area contributed by atoms with Crippen molar-refractivity contribution in [3.05, 3.63) is 35.7 Å². The quantitative estimate of drug-likeness (QED) is 0.910. The molecular formula is C12H12F3N5O. The van der Waals surface area contributed by atoms with Crippen molar-refractivity contribution in [3.63, 3.8) is 0 Å². The zero-order chi connectivity index (χ0) is 15.6. The van der Waals surface area contributed by atoms with E-state index in [1.165, 1.54) is 0 Å². The Balaban J connectivity index is 2.09. The molecule has 0 atom stereocenters. The zero-order valence-corrected chi connectivity index (χ0v) is 11.2. The minimum atomic E-state index is -4.64. The van der Waals surface area contributed by atoms with Gasteiger partial charge in [0.15, 0.2) is 0 Å². The van der Waals surface area contributed by atoms with Crippen molar-refractivity contribution in [2.75, 3.05) is 24.3 Å². The SMILES string of the molecule is CN(C)c1ccc(C(=O)Nc2n[nH]c(C(F)(F)F)n2)cc1. The van der Waals surface area contributed by atoms with Crippen LogP contribution >= 0.6 is 0 Å². The maximum absolute atomic E-state index is 12.3. The van der Waals surface area contributed by atoms with E-state index in [4.69, 9.17) is 0 Å². The summed E-state index contributed by atoms with van der Waals surface area (Å²) >= 11 is 0. The third-order valence-corrected chi connectivity index (χ3v) is 2.63. The molecule has 1 amide bonds. The molecule has 112 valence electrons. The van der Waals surface area contributed by atoms with Crippen molar-refractivity contribution >= 4 is 17.5 Å². The molecular weight excluding hydrogens is 287 g/mol. The highest BCUT2D eigenvalue weighted by Crippen LogP contribution is 2.26. The fourth-order valence-corrected chi connectivity index (χ4v) is 1.53. The van der Waals surface area contributed by atoms with E-state index in [2.05, 4.69) is 15.4 Å². The molecule has 1 heterocycles. The molecule has 1 aromatic carbocycles. The number of benzene rings is 1. The first-order chi connectivity index (χ1) is 9.77. The van der Waals surface area contributed by atoms with E-state index >= 15 is 0 Å². The molecule has 2 rings (SSSR count). The minimum Gasteiger partial charge on any atom is -0.378 e. The number of alkyl halides is 3. The lowest BCUT2D eigenvalue weighted by atomic mass is 10.2. The number of halogens is 3. The van der Waals surface area contributed by atoms with Gasteiger partial charge in [0.25, 0.3) is 5.91 Å². The summed E-state index contributed by atoms with van der Waals surface area (Å²) in [6.45, 7) is 0. The van der Waals surface area contributed by atoms with E-state index < -0.39 is 23.9 Å². The van der Waals surface area contributed by atoms with E-state index in [0.717, 1.165) is 5.69 Å². The second-order valence-corrected chi connectivity index (χ2v) is 4.40. The molecule has 0 aliphatic heterocycles. The van der Waals surface area contributed by atoms with Crippen molar-refractivity contribution in [1.29, 1.82) is 0 Å². The normalized spacial score (nSPS) is 11.3. The highest BCUT2D eigenvalue weighted by molar-refractivity contribution is 6.03. The molecule has 0 spiro atoms. The van der Waals surface area contributed by atoms with E-state index in [1.54, 1.807) is 29.4 Å². The Morgan fingerprint density at radius 1 is 1.24 bits per heavy atom. The lowest BCUT2D eigenvalue weighted by Crippen LogP contribution is -2.14. The minimum absolute atomic E-state index is 0.291. The van der Waals surface area contributed by atoms with Crippen LogP contribution in [0.3, 0.4) is 0 Å². The second-order valence-electron chi connectivity index (χ2n) is 4.40. The molecule has 0 saturated heterocycles. The Hall–Kier alpha value is -2.58. The summed E-state index contributed by atoms with van der Waals surface area (Å²) in [5.41, 5.74) is 1.18. The molecule has 9 heteroatoms. The number of nitrogens with zero attached hydrogens (tertiary/aromatic N) is 3. The summed E-state index contributed by atoms with van der Waals surface area (Å²) in [7, 11) is 3.70. The molecule has 0 unspecified atom stereocenters. The first kappa shape index (κ1) is 14.8. The van der Waals surface area contributed by atoms with Gasteiger partial charge in [0.1, 0.15) is 0 Å². The number of aromatic amines is 1. The van der Waals surface area contributed by atoms with Crippen LogP contribution in [0.2, 0.25) is 0 Å². The Labute approximate surface area is 118 Å². The van der Waals surface area contributed by atoms with Crippen molar-refractivity contribution in [2.24, 2.45) is 0 Å². The van der Waals surface area contributed by atoms with Gasteiger partial charge in [0.05, 0.1) is 0 Å². The maximum Gasteiger partial charge on any atom is 0.451 e. The highest BCUT2D eigenvalue weighted by Gasteiger charge is 2.35. The van der Waals surface area contributed by atoms with Gasteiger partial charge in [-0.3, -0.25) is 15.2 Å². The molecule has 1 aromatic heterocycles. The summed E-state index contributed by atoms with van der Waals surface area (Å²) in [6.07, 6.45) is -4.64. The van der Waals surface area contributed by atoms with Gasteiger partial charge in [-0.1, -0.05) is 0 Å². The van der Waals surface area contributed by atoms with Crippen LogP contribution in [-0.4, -0.2) is 35.2 Å². The number of anilines is 2. The number of amides is 1. The number of aromatic nitrogens is 3. The van der Waals surface area contributed by atoms with Gasteiger partial charge in [-0.25, -0.2) is 0 Å². The predicted molar refractivity (Wildman–Crippen MR) is 70.1 cm³/mol. The molecule has 0 saturated carbocycles. The number of carbonyl (C=O) groups excluding carboxylic acids is 1. The van der Waals surface area contributed by atoms with Gasteiger partial charge in [-0.05, 0) is 24.3 Å². The van der Waals surface area contributed by atoms with Crippen molar-refractivity contribution < 1.29 is 18.0 Å². The Morgan fingerprint density at radius 2 is 1.86 bits per heavy atom. The fraction of sp³-hybridized carbons (Fsp3) is 0.250. The van der Waals surface area contributed by atoms with Gasteiger partial charge < -0.3 is 4.90 Å². The molecule has 0 radical (unpaired) electrons. The molecule has 0 aliphatic rings. The highest BCUT2D eigenvalue weighted by atomic mass is 19.4. The first-order valence-corrected chi connectivity index (χ1v) is 5.85. The first-order valence-electron chi connectivity index (χ1n) is 5.85. The number of nitrogens with one attached hydrogen (secondary N) is 2. The van der Waals surface area contributed by atoms with Crippen LogP contribution in [0, 0.1) is 0 Å². The molecule has 6 nitrogen and oxygen atoms in total. The standard InChI is InChI=1S/C12H12F3N5O/c1-20(2)8-5-3-7(4-6-8)9(21)16-11-17-10(18-19-11)12(13,14)15/h3-6H,1-2H3,(H2,16,17,18,19,21). The van der Waals surface area contributed by atoms with Crippen LogP contribution in [-0.2, 0) is 6.18 Å². The van der Waals surface area contributed by atoms with Crippen molar-refractivity contribution in [3.8, 4) is 0 Å². The average molecular weight is 299 g/mol. The molecule has 0 fully saturated rings. The van der Waals surface area contributed by atoms with Gasteiger partial charge in [-0.2, -0.15) is 18.2 Å². The Bertz CT molecular complexity index is 633. The topological polar surface area (TPSA) is 73.9 Å². The summed E-state index contributed by atoms with van der Waals surface area (Å²) in [5, 5.41) is 7.21.